The Kier molecular flexibility index (Phi) is 2.02. The fraction of sp³-hybridized carbons (Fsp3) is 0.583. The van der Waals surface area contributed by atoms with Crippen molar-refractivity contribution in [1.29, 1.82) is 0 Å². The van der Waals surface area contributed by atoms with Gasteiger partial charge in [0.15, 0.2) is 5.78 Å². The van der Waals surface area contributed by atoms with Crippen LogP contribution in [0, 0.1) is 5.92 Å². The molecule has 1 heterocycles. The van der Waals surface area contributed by atoms with Crippen molar-refractivity contribution < 1.29 is 9.53 Å². The minimum Gasteiger partial charge on any atom is -0.491 e. The van der Waals surface area contributed by atoms with Crippen LogP contribution < -0.4 is 0 Å². The quantitative estimate of drug-likeness (QED) is 0.589. The first kappa shape index (κ1) is 9.50. The van der Waals surface area contributed by atoms with Gasteiger partial charge in [0.2, 0.25) is 0 Å². The van der Waals surface area contributed by atoms with Crippen LogP contribution in [0.5, 0.6) is 0 Å². The van der Waals surface area contributed by atoms with Gasteiger partial charge in [0.1, 0.15) is 11.4 Å². The van der Waals surface area contributed by atoms with E-state index in [-0.39, 0.29) is 11.4 Å². The van der Waals surface area contributed by atoms with Crippen molar-refractivity contribution in [2.45, 2.75) is 39.2 Å². The van der Waals surface area contributed by atoms with Crippen molar-refractivity contribution in [3.05, 3.63) is 23.5 Å². The van der Waals surface area contributed by atoms with Gasteiger partial charge in [0.05, 0.1) is 12.0 Å². The third-order valence-corrected chi connectivity index (χ3v) is 2.69. The average Bonchev–Trinajstić information content (AvgIpc) is 2.00. The van der Waals surface area contributed by atoms with Crippen LogP contribution in [-0.4, -0.2) is 11.4 Å². The first-order valence-electron chi connectivity index (χ1n) is 5.11. The normalized spacial score (nSPS) is 29.9. The molecule has 1 aliphatic heterocycles. The molecule has 76 valence electrons. The van der Waals surface area contributed by atoms with Gasteiger partial charge in [-0.05, 0) is 19.8 Å². The Hall–Kier alpha value is -1.05. The zero-order chi connectivity index (χ0) is 10.3. The summed E-state index contributed by atoms with van der Waals surface area (Å²) in [5, 5.41) is 0. The second-order valence-corrected chi connectivity index (χ2v) is 4.84. The van der Waals surface area contributed by atoms with E-state index in [1.54, 1.807) is 0 Å². The predicted octanol–water partition coefficient (Wildman–Crippen LogP) is 2.60. The van der Waals surface area contributed by atoms with Gasteiger partial charge in [0, 0.05) is 6.42 Å². The zero-order valence-corrected chi connectivity index (χ0v) is 8.96. The van der Waals surface area contributed by atoms with E-state index in [2.05, 4.69) is 13.0 Å². The summed E-state index contributed by atoms with van der Waals surface area (Å²) in [6.45, 7) is 6.07. The number of ketones is 1. The molecule has 0 spiro atoms. The Morgan fingerprint density at radius 3 is 2.93 bits per heavy atom. The smallest absolute Gasteiger partial charge is 0.170 e. The van der Waals surface area contributed by atoms with Gasteiger partial charge in [-0.3, -0.25) is 4.79 Å². The van der Waals surface area contributed by atoms with Crippen LogP contribution in [-0.2, 0) is 9.53 Å². The molecule has 0 fully saturated rings. The Labute approximate surface area is 84.6 Å². The Morgan fingerprint density at radius 1 is 1.50 bits per heavy atom. The third-order valence-electron chi connectivity index (χ3n) is 2.69. The topological polar surface area (TPSA) is 26.3 Å². The molecule has 0 radical (unpaired) electrons. The molecule has 0 N–H and O–H groups in total. The molecule has 0 amide bonds. The van der Waals surface area contributed by atoms with Gasteiger partial charge in [-0.25, -0.2) is 0 Å². The van der Waals surface area contributed by atoms with E-state index in [0.29, 0.717) is 12.3 Å². The maximum absolute atomic E-state index is 11.8. The SMILES string of the molecule is CC1C=CC2=C(C1)OC(C)(C)CC2=O. The second-order valence-electron chi connectivity index (χ2n) is 4.84. The molecule has 2 aliphatic rings. The van der Waals surface area contributed by atoms with Crippen LogP contribution in [0.1, 0.15) is 33.6 Å². The van der Waals surface area contributed by atoms with Crippen LogP contribution in [0.2, 0.25) is 0 Å². The molecule has 1 unspecified atom stereocenters. The molecule has 2 nitrogen and oxygen atoms in total. The van der Waals surface area contributed by atoms with E-state index < -0.39 is 0 Å². The average molecular weight is 192 g/mol. The molecule has 14 heavy (non-hydrogen) atoms. The molecule has 0 aromatic heterocycles. The van der Waals surface area contributed by atoms with E-state index in [0.717, 1.165) is 17.8 Å². The lowest BCUT2D eigenvalue weighted by molar-refractivity contribution is -0.123. The van der Waals surface area contributed by atoms with Gasteiger partial charge in [-0.2, -0.15) is 0 Å². The molecule has 1 atom stereocenters. The molecule has 0 saturated carbocycles. The first-order valence-corrected chi connectivity index (χ1v) is 5.11. The predicted molar refractivity (Wildman–Crippen MR) is 54.7 cm³/mol. The summed E-state index contributed by atoms with van der Waals surface area (Å²) in [7, 11) is 0. The van der Waals surface area contributed by atoms with Crippen molar-refractivity contribution in [3.63, 3.8) is 0 Å². The number of carbonyl (C=O) groups is 1. The number of allylic oxidation sites excluding steroid dienone is 4. The molecule has 1 aliphatic carbocycles. The summed E-state index contributed by atoms with van der Waals surface area (Å²) in [5.74, 6) is 1.59. The minimum absolute atomic E-state index is 0.222. The lowest BCUT2D eigenvalue weighted by atomic mass is 9.87. The van der Waals surface area contributed by atoms with E-state index in [9.17, 15) is 4.79 Å². The monoisotopic (exact) mass is 192 g/mol. The van der Waals surface area contributed by atoms with Crippen molar-refractivity contribution >= 4 is 5.78 Å². The molecular formula is C12H16O2. The van der Waals surface area contributed by atoms with Gasteiger partial charge in [0.25, 0.3) is 0 Å². The number of rotatable bonds is 0. The molecule has 2 heteroatoms. The van der Waals surface area contributed by atoms with E-state index in [1.807, 2.05) is 19.9 Å². The number of hydrogen-bond donors (Lipinski definition) is 0. The second kappa shape index (κ2) is 2.97. The lowest BCUT2D eigenvalue weighted by Crippen LogP contribution is -2.34. The molecule has 0 aromatic rings. The standard InChI is InChI=1S/C12H16O2/c1-8-4-5-9-10(13)7-12(2,3)14-11(9)6-8/h4-5,8H,6-7H2,1-3H3. The molecule has 2 rings (SSSR count). The highest BCUT2D eigenvalue weighted by atomic mass is 16.5. The molecule has 0 aromatic carbocycles. The summed E-state index contributed by atoms with van der Waals surface area (Å²) in [4.78, 5) is 11.8. The van der Waals surface area contributed by atoms with Gasteiger partial charge in [-0.15, -0.1) is 0 Å². The Morgan fingerprint density at radius 2 is 2.21 bits per heavy atom. The highest BCUT2D eigenvalue weighted by molar-refractivity contribution is 6.00. The van der Waals surface area contributed by atoms with Crippen LogP contribution in [0.15, 0.2) is 23.5 Å². The zero-order valence-electron chi connectivity index (χ0n) is 8.96. The maximum Gasteiger partial charge on any atom is 0.170 e. The molecule has 0 saturated heterocycles. The largest absolute Gasteiger partial charge is 0.491 e. The summed E-state index contributed by atoms with van der Waals surface area (Å²) in [5.41, 5.74) is 0.475. The van der Waals surface area contributed by atoms with E-state index in [1.165, 1.54) is 0 Å². The van der Waals surface area contributed by atoms with E-state index >= 15 is 0 Å². The number of ether oxygens (including phenoxy) is 1. The summed E-state index contributed by atoms with van der Waals surface area (Å²) < 4.78 is 5.83. The van der Waals surface area contributed by atoms with Crippen molar-refractivity contribution in [2.75, 3.05) is 0 Å². The van der Waals surface area contributed by atoms with Crippen LogP contribution in [0.3, 0.4) is 0 Å². The third kappa shape index (κ3) is 1.61. The lowest BCUT2D eigenvalue weighted by Gasteiger charge is -2.35. The summed E-state index contributed by atoms with van der Waals surface area (Å²) in [6.07, 6.45) is 5.35. The van der Waals surface area contributed by atoms with Crippen molar-refractivity contribution in [1.82, 2.24) is 0 Å². The molecular weight excluding hydrogens is 176 g/mol. The highest BCUT2D eigenvalue weighted by Crippen LogP contribution is 2.35. The molecule has 0 bridgehead atoms. The number of carbonyl (C=O) groups excluding carboxylic acids is 1. The fourth-order valence-electron chi connectivity index (χ4n) is 2.02. The van der Waals surface area contributed by atoms with Crippen molar-refractivity contribution in [2.24, 2.45) is 5.92 Å². The summed E-state index contributed by atoms with van der Waals surface area (Å²) >= 11 is 0. The van der Waals surface area contributed by atoms with E-state index in [4.69, 9.17) is 4.74 Å². The minimum atomic E-state index is -0.319. The Bertz CT molecular complexity index is 334. The van der Waals surface area contributed by atoms with Gasteiger partial charge in [-0.1, -0.05) is 19.1 Å². The maximum atomic E-state index is 11.8. The van der Waals surface area contributed by atoms with Gasteiger partial charge >= 0.3 is 0 Å². The first-order chi connectivity index (χ1) is 6.48. The highest BCUT2D eigenvalue weighted by Gasteiger charge is 2.34. The van der Waals surface area contributed by atoms with Gasteiger partial charge < -0.3 is 4.74 Å². The Balaban J connectivity index is 2.34. The van der Waals surface area contributed by atoms with Crippen LogP contribution >= 0.6 is 0 Å². The number of Topliss-reactive ketones (excluding diaryl/α,β-unsaturated/α-hetero) is 1. The van der Waals surface area contributed by atoms with Crippen LogP contribution in [0.4, 0.5) is 0 Å². The van der Waals surface area contributed by atoms with Crippen LogP contribution in [0.25, 0.3) is 0 Å². The fourth-order valence-corrected chi connectivity index (χ4v) is 2.02. The summed E-state index contributed by atoms with van der Waals surface area (Å²) in [6, 6.07) is 0. The van der Waals surface area contributed by atoms with Crippen molar-refractivity contribution in [3.8, 4) is 0 Å². The number of hydrogen-bond acceptors (Lipinski definition) is 2.